The van der Waals surface area contributed by atoms with E-state index in [9.17, 15) is 14.5 Å². The second kappa shape index (κ2) is 6.45. The first kappa shape index (κ1) is 14.4. The molecule has 0 atom stereocenters. The molecular weight excluding hydrogens is 283 g/mol. The van der Waals surface area contributed by atoms with Crippen LogP contribution in [0.2, 0.25) is 5.02 Å². The summed E-state index contributed by atoms with van der Waals surface area (Å²) in [5, 5.41) is 14.4. The lowest BCUT2D eigenvalue weighted by atomic mass is 10.1. The Bertz CT molecular complexity index is 617. The lowest BCUT2D eigenvalue weighted by Gasteiger charge is -2.06. The Morgan fingerprint density at radius 2 is 1.85 bits per heavy atom. The number of hydrogen-bond acceptors (Lipinski definition) is 3. The summed E-state index contributed by atoms with van der Waals surface area (Å²) < 4.78 is 12.7. The number of nitrogens with zero attached hydrogens (tertiary/aromatic N) is 1. The molecule has 2 rings (SSSR count). The van der Waals surface area contributed by atoms with Crippen LogP contribution in [0.25, 0.3) is 0 Å². The van der Waals surface area contributed by atoms with E-state index < -0.39 is 4.92 Å². The van der Waals surface area contributed by atoms with Crippen LogP contribution in [0.15, 0.2) is 42.5 Å². The molecule has 0 aliphatic carbocycles. The van der Waals surface area contributed by atoms with E-state index in [1.54, 1.807) is 18.2 Å². The van der Waals surface area contributed by atoms with Crippen LogP contribution < -0.4 is 5.32 Å². The van der Waals surface area contributed by atoms with Gasteiger partial charge in [-0.25, -0.2) is 4.39 Å². The highest BCUT2D eigenvalue weighted by Gasteiger charge is 2.13. The molecule has 0 heterocycles. The third-order valence-corrected chi connectivity index (χ3v) is 3.03. The van der Waals surface area contributed by atoms with E-state index in [1.807, 2.05) is 0 Å². The second-order valence-corrected chi connectivity index (χ2v) is 4.70. The number of benzene rings is 2. The number of nitrogens with one attached hydrogen (secondary N) is 1. The van der Waals surface area contributed by atoms with Crippen LogP contribution in [-0.4, -0.2) is 4.92 Å². The molecule has 0 radical (unpaired) electrons. The summed E-state index contributed by atoms with van der Waals surface area (Å²) in [6, 6.07) is 10.5. The summed E-state index contributed by atoms with van der Waals surface area (Å²) in [6.45, 7) is 0.804. The van der Waals surface area contributed by atoms with Crippen LogP contribution in [0.4, 0.5) is 10.1 Å². The molecule has 0 bridgehead atoms. The first-order valence-electron chi connectivity index (χ1n) is 5.94. The number of nitro benzene ring substituents is 1. The van der Waals surface area contributed by atoms with Crippen LogP contribution in [0, 0.1) is 15.9 Å². The standard InChI is InChI=1S/C14H12ClFN2O2/c15-12-3-6-14(18(19)20)11(7-12)9-17-8-10-1-4-13(16)5-2-10/h1-7,17H,8-9H2. The van der Waals surface area contributed by atoms with Gasteiger partial charge in [-0.2, -0.15) is 0 Å². The van der Waals surface area contributed by atoms with Crippen molar-refractivity contribution < 1.29 is 9.31 Å². The minimum Gasteiger partial charge on any atom is -0.308 e. The van der Waals surface area contributed by atoms with Gasteiger partial charge in [0.25, 0.3) is 5.69 Å². The molecule has 4 nitrogen and oxygen atoms in total. The van der Waals surface area contributed by atoms with Crippen molar-refractivity contribution in [3.05, 3.63) is 74.5 Å². The minimum absolute atomic E-state index is 0.0287. The summed E-state index contributed by atoms with van der Waals surface area (Å²) in [5.74, 6) is -0.292. The smallest absolute Gasteiger partial charge is 0.273 e. The van der Waals surface area contributed by atoms with E-state index in [-0.39, 0.29) is 11.5 Å². The molecule has 0 unspecified atom stereocenters. The average molecular weight is 295 g/mol. The van der Waals surface area contributed by atoms with Crippen LogP contribution in [0.3, 0.4) is 0 Å². The van der Waals surface area contributed by atoms with Crippen LogP contribution in [0.1, 0.15) is 11.1 Å². The normalized spacial score (nSPS) is 10.5. The van der Waals surface area contributed by atoms with Crippen molar-refractivity contribution in [2.24, 2.45) is 0 Å². The highest BCUT2D eigenvalue weighted by Crippen LogP contribution is 2.22. The van der Waals surface area contributed by atoms with E-state index >= 15 is 0 Å². The third kappa shape index (κ3) is 3.76. The Morgan fingerprint density at radius 1 is 1.15 bits per heavy atom. The predicted octanol–water partition coefficient (Wildman–Crippen LogP) is 3.68. The summed E-state index contributed by atoms with van der Waals surface area (Å²) in [4.78, 5) is 10.5. The maximum Gasteiger partial charge on any atom is 0.273 e. The van der Waals surface area contributed by atoms with Gasteiger partial charge in [0.1, 0.15) is 5.82 Å². The predicted molar refractivity (Wildman–Crippen MR) is 75.1 cm³/mol. The first-order chi connectivity index (χ1) is 9.56. The molecule has 2 aromatic rings. The van der Waals surface area contributed by atoms with Gasteiger partial charge in [-0.1, -0.05) is 23.7 Å². The summed E-state index contributed by atoms with van der Waals surface area (Å²) in [7, 11) is 0. The van der Waals surface area contributed by atoms with Crippen LogP contribution >= 0.6 is 11.6 Å². The van der Waals surface area contributed by atoms with Crippen molar-refractivity contribution in [1.29, 1.82) is 0 Å². The largest absolute Gasteiger partial charge is 0.308 e. The number of rotatable bonds is 5. The van der Waals surface area contributed by atoms with Crippen LogP contribution in [-0.2, 0) is 13.1 Å². The number of hydrogen-bond donors (Lipinski definition) is 1. The lowest BCUT2D eigenvalue weighted by Crippen LogP contribution is -2.13. The van der Waals surface area contributed by atoms with Gasteiger partial charge in [-0.05, 0) is 29.8 Å². The van der Waals surface area contributed by atoms with E-state index in [0.29, 0.717) is 23.7 Å². The van der Waals surface area contributed by atoms with Crippen molar-refractivity contribution in [1.82, 2.24) is 5.32 Å². The molecule has 1 N–H and O–H groups in total. The number of nitro groups is 1. The Labute approximate surface area is 120 Å². The molecule has 0 amide bonds. The zero-order chi connectivity index (χ0) is 14.5. The van der Waals surface area contributed by atoms with E-state index in [2.05, 4.69) is 5.32 Å². The van der Waals surface area contributed by atoms with Crippen molar-refractivity contribution in [3.63, 3.8) is 0 Å². The molecule has 0 spiro atoms. The molecule has 0 aliphatic heterocycles. The van der Waals surface area contributed by atoms with Crippen molar-refractivity contribution in [3.8, 4) is 0 Å². The third-order valence-electron chi connectivity index (χ3n) is 2.80. The summed E-state index contributed by atoms with van der Waals surface area (Å²) >= 11 is 5.84. The Kier molecular flexibility index (Phi) is 4.65. The van der Waals surface area contributed by atoms with Gasteiger partial charge < -0.3 is 5.32 Å². The quantitative estimate of drug-likeness (QED) is 0.676. The monoisotopic (exact) mass is 294 g/mol. The first-order valence-corrected chi connectivity index (χ1v) is 6.32. The van der Waals surface area contributed by atoms with Crippen LogP contribution in [0.5, 0.6) is 0 Å². The Hall–Kier alpha value is -1.98. The second-order valence-electron chi connectivity index (χ2n) is 4.26. The number of halogens is 2. The Balaban J connectivity index is 2.02. The topological polar surface area (TPSA) is 55.2 Å². The van der Waals surface area contributed by atoms with Gasteiger partial charge in [-0.3, -0.25) is 10.1 Å². The molecule has 104 valence electrons. The highest BCUT2D eigenvalue weighted by atomic mass is 35.5. The SMILES string of the molecule is O=[N+]([O-])c1ccc(Cl)cc1CNCc1ccc(F)cc1. The molecule has 0 aliphatic rings. The van der Waals surface area contributed by atoms with E-state index in [0.717, 1.165) is 5.56 Å². The van der Waals surface area contributed by atoms with Gasteiger partial charge in [0.05, 0.1) is 4.92 Å². The van der Waals surface area contributed by atoms with Crippen molar-refractivity contribution >= 4 is 17.3 Å². The highest BCUT2D eigenvalue weighted by molar-refractivity contribution is 6.30. The maximum absolute atomic E-state index is 12.7. The fourth-order valence-electron chi connectivity index (χ4n) is 1.82. The van der Waals surface area contributed by atoms with Gasteiger partial charge in [0.15, 0.2) is 0 Å². The Morgan fingerprint density at radius 3 is 2.50 bits per heavy atom. The van der Waals surface area contributed by atoms with Gasteiger partial charge in [-0.15, -0.1) is 0 Å². The van der Waals surface area contributed by atoms with Crippen molar-refractivity contribution in [2.45, 2.75) is 13.1 Å². The molecule has 0 saturated carbocycles. The average Bonchev–Trinajstić information content (AvgIpc) is 2.41. The molecule has 0 saturated heterocycles. The molecular formula is C14H12ClFN2O2. The molecule has 0 aromatic heterocycles. The van der Waals surface area contributed by atoms with E-state index in [1.165, 1.54) is 24.3 Å². The van der Waals surface area contributed by atoms with Gasteiger partial charge in [0, 0.05) is 29.7 Å². The maximum atomic E-state index is 12.7. The molecule has 2 aromatic carbocycles. The minimum atomic E-state index is -0.439. The molecule has 6 heteroatoms. The molecule has 20 heavy (non-hydrogen) atoms. The van der Waals surface area contributed by atoms with E-state index in [4.69, 9.17) is 11.6 Å². The summed E-state index contributed by atoms with van der Waals surface area (Å²) in [5.41, 5.74) is 1.45. The van der Waals surface area contributed by atoms with Gasteiger partial charge in [0.2, 0.25) is 0 Å². The zero-order valence-corrected chi connectivity index (χ0v) is 11.2. The lowest BCUT2D eigenvalue weighted by molar-refractivity contribution is -0.385. The molecule has 0 fully saturated rings. The fraction of sp³-hybridized carbons (Fsp3) is 0.143. The van der Waals surface area contributed by atoms with Crippen molar-refractivity contribution in [2.75, 3.05) is 0 Å². The summed E-state index contributed by atoms with van der Waals surface area (Å²) in [6.07, 6.45) is 0. The zero-order valence-electron chi connectivity index (χ0n) is 10.5. The van der Waals surface area contributed by atoms with Gasteiger partial charge >= 0.3 is 0 Å². The fourth-order valence-corrected chi connectivity index (χ4v) is 2.01.